The summed E-state index contributed by atoms with van der Waals surface area (Å²) >= 11 is 0. The van der Waals surface area contributed by atoms with Crippen LogP contribution in [-0.2, 0) is 42.9 Å². The van der Waals surface area contributed by atoms with Crippen molar-refractivity contribution >= 4 is 23.9 Å². The van der Waals surface area contributed by atoms with E-state index in [1.807, 2.05) is 0 Å². The van der Waals surface area contributed by atoms with Crippen LogP contribution in [0.25, 0.3) is 0 Å². The molecule has 0 bridgehead atoms. The van der Waals surface area contributed by atoms with Crippen LogP contribution in [0.2, 0.25) is 0 Å². The van der Waals surface area contributed by atoms with Crippen molar-refractivity contribution in [3.8, 4) is 11.8 Å². The zero-order chi connectivity index (χ0) is 28.7. The summed E-state index contributed by atoms with van der Waals surface area (Å²) < 4.78 is 32.4. The molecule has 2 fully saturated rings. The molecule has 0 spiro atoms. The lowest BCUT2D eigenvalue weighted by Crippen LogP contribution is -2.64. The first-order chi connectivity index (χ1) is 18.5. The van der Waals surface area contributed by atoms with Crippen LogP contribution >= 0.6 is 0 Å². The second kappa shape index (κ2) is 12.9. The van der Waals surface area contributed by atoms with E-state index >= 15 is 0 Å². The van der Waals surface area contributed by atoms with Crippen LogP contribution in [0.3, 0.4) is 0 Å². The van der Waals surface area contributed by atoms with Crippen molar-refractivity contribution in [1.29, 1.82) is 5.26 Å². The van der Waals surface area contributed by atoms with E-state index in [0.29, 0.717) is 18.4 Å². The summed E-state index contributed by atoms with van der Waals surface area (Å²) in [7, 11) is 1.09. The van der Waals surface area contributed by atoms with Crippen molar-refractivity contribution in [3.05, 3.63) is 29.8 Å². The van der Waals surface area contributed by atoms with Gasteiger partial charge in [0.05, 0.1) is 24.7 Å². The molecule has 1 saturated heterocycles. The van der Waals surface area contributed by atoms with Crippen LogP contribution in [0.15, 0.2) is 24.3 Å². The third-order valence-electron chi connectivity index (χ3n) is 6.69. The number of nitrogens with zero attached hydrogens (tertiary/aromatic N) is 1. The second-order valence-electron chi connectivity index (χ2n) is 9.58. The molecule has 12 heteroatoms. The third-order valence-corrected chi connectivity index (χ3v) is 6.69. The summed E-state index contributed by atoms with van der Waals surface area (Å²) in [6.07, 6.45) is -3.74. The van der Waals surface area contributed by atoms with Gasteiger partial charge in [-0.15, -0.1) is 0 Å². The Labute approximate surface area is 226 Å². The Morgan fingerprint density at radius 1 is 0.923 bits per heavy atom. The van der Waals surface area contributed by atoms with Crippen LogP contribution < -0.4 is 4.74 Å². The van der Waals surface area contributed by atoms with E-state index in [-0.39, 0.29) is 5.75 Å². The maximum Gasteiger partial charge on any atom is 0.339 e. The van der Waals surface area contributed by atoms with Gasteiger partial charge in [0.25, 0.3) is 0 Å². The molecule has 6 atom stereocenters. The van der Waals surface area contributed by atoms with E-state index in [9.17, 15) is 29.5 Å². The van der Waals surface area contributed by atoms with E-state index < -0.39 is 66.1 Å². The minimum Gasteiger partial charge on any atom is -0.467 e. The first-order valence-electron chi connectivity index (χ1n) is 12.6. The molecular formula is C27H33NO11. The minimum absolute atomic E-state index is 0.198. The molecule has 0 unspecified atom stereocenters. The smallest absolute Gasteiger partial charge is 0.339 e. The zero-order valence-corrected chi connectivity index (χ0v) is 22.3. The highest BCUT2D eigenvalue weighted by atomic mass is 16.7. The first kappa shape index (κ1) is 29.9. The average molecular weight is 548 g/mol. The highest BCUT2D eigenvalue weighted by Gasteiger charge is 2.55. The van der Waals surface area contributed by atoms with E-state index in [0.717, 1.165) is 47.1 Å². The van der Waals surface area contributed by atoms with Gasteiger partial charge in [-0.2, -0.15) is 5.26 Å². The molecule has 1 heterocycles. The highest BCUT2D eigenvalue weighted by Crippen LogP contribution is 2.40. The fourth-order valence-corrected chi connectivity index (χ4v) is 5.01. The van der Waals surface area contributed by atoms with Gasteiger partial charge < -0.3 is 33.5 Å². The van der Waals surface area contributed by atoms with E-state index in [1.54, 1.807) is 12.1 Å². The SMILES string of the molecule is COC(=O)[C@H]1O[C@@H](Oc2ccc([C@H](C#N)C3(O)CCCCC3)cc2)[C@H](OC(C)=O)[C@@H](OC(C)=O)[C@@H]1OC(C)=O. The first-order valence-corrected chi connectivity index (χ1v) is 12.6. The molecule has 12 nitrogen and oxygen atoms in total. The Balaban J connectivity index is 1.92. The summed E-state index contributed by atoms with van der Waals surface area (Å²) in [4.78, 5) is 48.2. The molecule has 3 rings (SSSR count). The lowest BCUT2D eigenvalue weighted by molar-refractivity contribution is -0.282. The van der Waals surface area contributed by atoms with Gasteiger partial charge in [0.15, 0.2) is 18.3 Å². The molecule has 212 valence electrons. The molecule has 2 aliphatic rings. The maximum atomic E-state index is 12.6. The quantitative estimate of drug-likeness (QED) is 0.372. The highest BCUT2D eigenvalue weighted by molar-refractivity contribution is 5.77. The molecular weight excluding hydrogens is 514 g/mol. The summed E-state index contributed by atoms with van der Waals surface area (Å²) in [5.41, 5.74) is -0.533. The molecule has 1 aliphatic carbocycles. The number of nitriles is 1. The zero-order valence-electron chi connectivity index (χ0n) is 22.3. The average Bonchev–Trinajstić information content (AvgIpc) is 2.87. The number of hydrogen-bond acceptors (Lipinski definition) is 12. The molecule has 1 aromatic carbocycles. The number of aliphatic hydroxyl groups is 1. The second-order valence-corrected chi connectivity index (χ2v) is 9.58. The largest absolute Gasteiger partial charge is 0.467 e. The van der Waals surface area contributed by atoms with Gasteiger partial charge in [-0.25, -0.2) is 4.79 Å². The molecule has 39 heavy (non-hydrogen) atoms. The van der Waals surface area contributed by atoms with Gasteiger partial charge in [-0.1, -0.05) is 31.4 Å². The van der Waals surface area contributed by atoms with E-state index in [1.165, 1.54) is 12.1 Å². The normalized spacial score (nSPS) is 26.7. The van der Waals surface area contributed by atoms with Crippen LogP contribution in [-0.4, -0.2) is 72.4 Å². The van der Waals surface area contributed by atoms with Gasteiger partial charge in [-0.3, -0.25) is 14.4 Å². The molecule has 0 aromatic heterocycles. The fourth-order valence-electron chi connectivity index (χ4n) is 5.01. The summed E-state index contributed by atoms with van der Waals surface area (Å²) in [6, 6.07) is 8.54. The van der Waals surface area contributed by atoms with Crippen molar-refractivity contribution in [2.24, 2.45) is 0 Å². The lowest BCUT2D eigenvalue weighted by atomic mass is 9.73. The number of carbonyl (C=O) groups is 4. The third kappa shape index (κ3) is 7.25. The minimum atomic E-state index is -1.58. The summed E-state index contributed by atoms with van der Waals surface area (Å²) in [5, 5.41) is 20.9. The van der Waals surface area contributed by atoms with E-state index in [4.69, 9.17) is 28.4 Å². The standard InChI is InChI=1S/C27H33NO11/c1-15(29)35-21-22(36-16(2)30)24(37-17(3)31)26(39-23(21)25(32)34-4)38-19-10-8-18(9-11-19)20(14-28)27(33)12-6-5-7-13-27/h8-11,20-24,26,33H,5-7,12-13H2,1-4H3/t20-,21-,22-,23-,24+,26+/m0/s1. The van der Waals surface area contributed by atoms with Gasteiger partial charge in [-0.05, 0) is 30.5 Å². The molecule has 0 radical (unpaired) electrons. The summed E-state index contributed by atoms with van der Waals surface area (Å²) in [5.74, 6) is -3.87. The van der Waals surface area contributed by atoms with Gasteiger partial charge >= 0.3 is 23.9 Å². The van der Waals surface area contributed by atoms with Gasteiger partial charge in [0.2, 0.25) is 12.4 Å². The monoisotopic (exact) mass is 547 g/mol. The topological polar surface area (TPSA) is 168 Å². The molecule has 1 N–H and O–H groups in total. The van der Waals surface area contributed by atoms with Crippen molar-refractivity contribution in [2.75, 3.05) is 7.11 Å². The Bertz CT molecular complexity index is 1090. The Hall–Kier alpha value is -3.69. The number of hydrogen-bond donors (Lipinski definition) is 1. The van der Waals surface area contributed by atoms with Crippen LogP contribution in [0.1, 0.15) is 64.4 Å². The van der Waals surface area contributed by atoms with Crippen LogP contribution in [0.5, 0.6) is 5.75 Å². The molecule has 1 aromatic rings. The number of rotatable bonds is 8. The fraction of sp³-hybridized carbons (Fsp3) is 0.593. The van der Waals surface area contributed by atoms with Crippen molar-refractivity contribution in [2.45, 2.75) is 95.1 Å². The predicted octanol–water partition coefficient (Wildman–Crippen LogP) is 2.06. The number of esters is 4. The van der Waals surface area contributed by atoms with Crippen LogP contribution in [0.4, 0.5) is 0 Å². The molecule has 0 amide bonds. The number of ether oxygens (including phenoxy) is 6. The van der Waals surface area contributed by atoms with Crippen molar-refractivity contribution < 1.29 is 52.7 Å². The molecule has 1 saturated carbocycles. The van der Waals surface area contributed by atoms with Gasteiger partial charge in [0, 0.05) is 20.8 Å². The lowest BCUT2D eigenvalue weighted by Gasteiger charge is -2.43. The molecule has 1 aliphatic heterocycles. The number of methoxy groups -OCH3 is 1. The Kier molecular flexibility index (Phi) is 9.88. The van der Waals surface area contributed by atoms with Crippen molar-refractivity contribution in [3.63, 3.8) is 0 Å². The maximum absolute atomic E-state index is 12.6. The summed E-state index contributed by atoms with van der Waals surface area (Å²) in [6.45, 7) is 3.29. The van der Waals surface area contributed by atoms with E-state index in [2.05, 4.69) is 6.07 Å². The van der Waals surface area contributed by atoms with Gasteiger partial charge in [0.1, 0.15) is 5.75 Å². The number of carbonyl (C=O) groups excluding carboxylic acids is 4. The van der Waals surface area contributed by atoms with Crippen LogP contribution in [0, 0.1) is 11.3 Å². The predicted molar refractivity (Wildman–Crippen MR) is 131 cm³/mol. The van der Waals surface area contributed by atoms with Crippen molar-refractivity contribution in [1.82, 2.24) is 0 Å². The Morgan fingerprint density at radius 2 is 1.46 bits per heavy atom. The number of benzene rings is 1. The Morgan fingerprint density at radius 3 is 1.97 bits per heavy atom.